The summed E-state index contributed by atoms with van der Waals surface area (Å²) in [6.45, 7) is 0.769. The van der Waals surface area contributed by atoms with Crippen LogP contribution in [0.5, 0.6) is 0 Å². The summed E-state index contributed by atoms with van der Waals surface area (Å²) in [4.78, 5) is 10.5. The van der Waals surface area contributed by atoms with Crippen molar-refractivity contribution in [2.24, 2.45) is 0 Å². The summed E-state index contributed by atoms with van der Waals surface area (Å²) in [5.74, 6) is 0.565. The van der Waals surface area contributed by atoms with Crippen LogP contribution in [0.2, 0.25) is 0 Å². The average Bonchev–Trinajstić information content (AvgIpc) is 1.90. The zero-order chi connectivity index (χ0) is 6.69. The van der Waals surface area contributed by atoms with E-state index < -0.39 is 0 Å². The van der Waals surface area contributed by atoms with Crippen molar-refractivity contribution in [3.8, 4) is 0 Å². The number of aliphatic hydroxyl groups is 1. The van der Waals surface area contributed by atoms with Gasteiger partial charge in [-0.05, 0) is 0 Å². The van der Waals surface area contributed by atoms with Crippen LogP contribution in [0.3, 0.4) is 0 Å². The lowest BCUT2D eigenvalue weighted by Gasteiger charge is -2.19. The highest BCUT2D eigenvalue weighted by Crippen LogP contribution is 2.12. The van der Waals surface area contributed by atoms with Crippen molar-refractivity contribution < 1.29 is 9.90 Å². The Hall–Kier alpha value is -0.220. The Morgan fingerprint density at radius 3 is 3.11 bits per heavy atom. The highest BCUT2D eigenvalue weighted by molar-refractivity contribution is 8.00. The fourth-order valence-electron chi connectivity index (χ4n) is 0.648. The van der Waals surface area contributed by atoms with Gasteiger partial charge in [0.1, 0.15) is 0 Å². The first kappa shape index (κ1) is 6.89. The molecule has 1 aliphatic heterocycles. The van der Waals surface area contributed by atoms with Gasteiger partial charge < -0.3 is 10.4 Å². The van der Waals surface area contributed by atoms with Crippen LogP contribution in [0.15, 0.2) is 0 Å². The summed E-state index contributed by atoms with van der Waals surface area (Å²) in [6.07, 6.45) is 0. The summed E-state index contributed by atoms with van der Waals surface area (Å²) in [5.41, 5.74) is 0. The molecule has 0 aromatic carbocycles. The molecule has 1 amide bonds. The lowest BCUT2D eigenvalue weighted by atomic mass is 10.4. The number of thioether (sulfide) groups is 1. The number of rotatable bonds is 1. The van der Waals surface area contributed by atoms with E-state index in [-0.39, 0.29) is 17.8 Å². The fraction of sp³-hybridized carbons (Fsp3) is 0.800. The molecule has 1 atom stereocenters. The van der Waals surface area contributed by atoms with E-state index in [1.807, 2.05) is 0 Å². The van der Waals surface area contributed by atoms with Crippen LogP contribution in [-0.4, -0.2) is 35.2 Å². The van der Waals surface area contributed by atoms with Crippen LogP contribution >= 0.6 is 11.8 Å². The van der Waals surface area contributed by atoms with E-state index in [2.05, 4.69) is 5.32 Å². The van der Waals surface area contributed by atoms with Crippen molar-refractivity contribution in [2.75, 3.05) is 18.9 Å². The zero-order valence-corrected chi connectivity index (χ0v) is 5.78. The van der Waals surface area contributed by atoms with Gasteiger partial charge in [0.15, 0.2) is 0 Å². The lowest BCUT2D eigenvalue weighted by Crippen LogP contribution is -2.39. The molecule has 0 aromatic heterocycles. The topological polar surface area (TPSA) is 49.3 Å². The highest BCUT2D eigenvalue weighted by atomic mass is 32.2. The summed E-state index contributed by atoms with van der Waals surface area (Å²) in [5, 5.41) is 11.5. The van der Waals surface area contributed by atoms with Crippen molar-refractivity contribution in [1.29, 1.82) is 0 Å². The molecule has 1 rings (SSSR count). The predicted molar refractivity (Wildman–Crippen MR) is 36.3 cm³/mol. The Kier molecular flexibility index (Phi) is 2.36. The van der Waals surface area contributed by atoms with Crippen LogP contribution in [0, 0.1) is 0 Å². The summed E-state index contributed by atoms with van der Waals surface area (Å²) >= 11 is 1.51. The standard InChI is InChI=1S/C5H9NO2S/c7-2-4-1-6-5(8)3-9-4/h4,7H,1-3H2,(H,6,8). The second-order valence-corrected chi connectivity index (χ2v) is 3.21. The van der Waals surface area contributed by atoms with E-state index in [4.69, 9.17) is 5.11 Å². The fourth-order valence-corrected chi connectivity index (χ4v) is 1.44. The Balaban J connectivity index is 2.26. The SMILES string of the molecule is O=C1CSC(CO)CN1. The first-order chi connectivity index (χ1) is 4.33. The second kappa shape index (κ2) is 3.08. The smallest absolute Gasteiger partial charge is 0.230 e. The van der Waals surface area contributed by atoms with Gasteiger partial charge in [-0.25, -0.2) is 0 Å². The number of hydrogen-bond donors (Lipinski definition) is 2. The average molecular weight is 147 g/mol. The molecule has 0 spiro atoms. The molecule has 0 radical (unpaired) electrons. The number of aliphatic hydroxyl groups excluding tert-OH is 1. The summed E-state index contributed by atoms with van der Waals surface area (Å²) < 4.78 is 0. The lowest BCUT2D eigenvalue weighted by molar-refractivity contribution is -0.118. The quantitative estimate of drug-likeness (QED) is 0.511. The Labute approximate surface area is 57.8 Å². The van der Waals surface area contributed by atoms with E-state index >= 15 is 0 Å². The molecule has 0 saturated carbocycles. The molecule has 52 valence electrons. The largest absolute Gasteiger partial charge is 0.395 e. The molecule has 0 aliphatic carbocycles. The molecule has 1 saturated heterocycles. The van der Waals surface area contributed by atoms with Crippen LogP contribution in [-0.2, 0) is 4.79 Å². The van der Waals surface area contributed by atoms with Crippen molar-refractivity contribution in [3.63, 3.8) is 0 Å². The number of amides is 1. The van der Waals surface area contributed by atoms with E-state index in [0.29, 0.717) is 12.3 Å². The van der Waals surface area contributed by atoms with Crippen molar-refractivity contribution in [3.05, 3.63) is 0 Å². The molecule has 1 heterocycles. The first-order valence-electron chi connectivity index (χ1n) is 2.82. The third kappa shape index (κ3) is 1.87. The molecule has 0 aromatic rings. The van der Waals surface area contributed by atoms with E-state index in [1.54, 1.807) is 0 Å². The normalized spacial score (nSPS) is 27.7. The van der Waals surface area contributed by atoms with Gasteiger partial charge in [0.05, 0.1) is 12.4 Å². The maximum atomic E-state index is 10.5. The van der Waals surface area contributed by atoms with E-state index in [1.165, 1.54) is 11.8 Å². The minimum atomic E-state index is 0.0738. The molecule has 9 heavy (non-hydrogen) atoms. The summed E-state index contributed by atoms with van der Waals surface area (Å²) in [6, 6.07) is 0. The molecule has 1 unspecified atom stereocenters. The van der Waals surface area contributed by atoms with E-state index in [0.717, 1.165) is 0 Å². The molecular weight excluding hydrogens is 138 g/mol. The molecule has 4 heteroatoms. The van der Waals surface area contributed by atoms with Gasteiger partial charge >= 0.3 is 0 Å². The molecule has 3 nitrogen and oxygen atoms in total. The maximum Gasteiger partial charge on any atom is 0.230 e. The predicted octanol–water partition coefficient (Wildman–Crippen LogP) is -0.790. The first-order valence-corrected chi connectivity index (χ1v) is 3.87. The minimum Gasteiger partial charge on any atom is -0.395 e. The van der Waals surface area contributed by atoms with Crippen LogP contribution in [0.1, 0.15) is 0 Å². The highest BCUT2D eigenvalue weighted by Gasteiger charge is 2.16. The number of hydrogen-bond acceptors (Lipinski definition) is 3. The third-order valence-corrected chi connectivity index (χ3v) is 2.40. The number of nitrogens with one attached hydrogen (secondary N) is 1. The van der Waals surface area contributed by atoms with Crippen molar-refractivity contribution >= 4 is 17.7 Å². The van der Waals surface area contributed by atoms with Gasteiger partial charge in [0.25, 0.3) is 0 Å². The van der Waals surface area contributed by atoms with Gasteiger partial charge in [-0.2, -0.15) is 0 Å². The van der Waals surface area contributed by atoms with Gasteiger partial charge in [0.2, 0.25) is 5.91 Å². The van der Waals surface area contributed by atoms with Crippen molar-refractivity contribution in [2.45, 2.75) is 5.25 Å². The minimum absolute atomic E-state index is 0.0738. The Morgan fingerprint density at radius 1 is 1.89 bits per heavy atom. The Bertz CT molecular complexity index is 108. The molecule has 0 bridgehead atoms. The maximum absolute atomic E-state index is 10.5. The van der Waals surface area contributed by atoms with Crippen molar-refractivity contribution in [1.82, 2.24) is 5.32 Å². The number of carbonyl (C=O) groups is 1. The van der Waals surface area contributed by atoms with Gasteiger partial charge in [0, 0.05) is 11.8 Å². The Morgan fingerprint density at radius 2 is 2.67 bits per heavy atom. The molecular formula is C5H9NO2S. The molecule has 1 aliphatic rings. The van der Waals surface area contributed by atoms with Gasteiger partial charge in [-0.1, -0.05) is 0 Å². The van der Waals surface area contributed by atoms with Gasteiger partial charge in [-0.3, -0.25) is 4.79 Å². The van der Waals surface area contributed by atoms with Crippen LogP contribution < -0.4 is 5.32 Å². The van der Waals surface area contributed by atoms with Crippen LogP contribution in [0.25, 0.3) is 0 Å². The second-order valence-electron chi connectivity index (χ2n) is 1.92. The van der Waals surface area contributed by atoms with Crippen LogP contribution in [0.4, 0.5) is 0 Å². The number of carbonyl (C=O) groups excluding carboxylic acids is 1. The molecule has 2 N–H and O–H groups in total. The summed E-state index contributed by atoms with van der Waals surface area (Å²) in [7, 11) is 0. The van der Waals surface area contributed by atoms with E-state index in [9.17, 15) is 4.79 Å². The zero-order valence-electron chi connectivity index (χ0n) is 4.96. The van der Waals surface area contributed by atoms with Gasteiger partial charge in [-0.15, -0.1) is 11.8 Å². The third-order valence-electron chi connectivity index (χ3n) is 1.18. The molecule has 1 fully saturated rings. The monoisotopic (exact) mass is 147 g/mol.